The second-order valence-electron chi connectivity index (χ2n) is 9.41. The van der Waals surface area contributed by atoms with Gasteiger partial charge in [0.1, 0.15) is 0 Å². The fourth-order valence-electron chi connectivity index (χ4n) is 3.72. The molecule has 0 saturated carbocycles. The van der Waals surface area contributed by atoms with Crippen LogP contribution in [0.15, 0.2) is 40.9 Å². The highest BCUT2D eigenvalue weighted by Crippen LogP contribution is 2.41. The maximum absolute atomic E-state index is 6.43. The molecule has 2 rings (SSSR count). The van der Waals surface area contributed by atoms with Gasteiger partial charge in [0.05, 0.1) is 11.2 Å². The highest BCUT2D eigenvalue weighted by molar-refractivity contribution is 6.55. The minimum absolute atomic E-state index is 0.274. The van der Waals surface area contributed by atoms with Crippen molar-refractivity contribution in [1.82, 2.24) is 0 Å². The lowest BCUT2D eigenvalue weighted by atomic mass is 9.70. The van der Waals surface area contributed by atoms with Crippen molar-refractivity contribution in [3.8, 4) is 0 Å². The predicted molar refractivity (Wildman–Crippen MR) is 122 cm³/mol. The van der Waals surface area contributed by atoms with Crippen molar-refractivity contribution in [2.45, 2.75) is 92.8 Å². The van der Waals surface area contributed by atoms with Crippen LogP contribution in [0, 0.1) is 5.92 Å². The van der Waals surface area contributed by atoms with Crippen LogP contribution >= 0.6 is 0 Å². The largest absolute Gasteiger partial charge is 0.490 e. The van der Waals surface area contributed by atoms with E-state index >= 15 is 0 Å². The summed E-state index contributed by atoms with van der Waals surface area (Å²) >= 11 is 0. The molecule has 1 saturated heterocycles. The molecule has 1 fully saturated rings. The molecule has 0 unspecified atom stereocenters. The lowest BCUT2D eigenvalue weighted by molar-refractivity contribution is 0.00578. The Morgan fingerprint density at radius 1 is 1.04 bits per heavy atom. The van der Waals surface area contributed by atoms with Gasteiger partial charge in [0.25, 0.3) is 0 Å². The second-order valence-corrected chi connectivity index (χ2v) is 9.41. The van der Waals surface area contributed by atoms with Gasteiger partial charge < -0.3 is 9.31 Å². The summed E-state index contributed by atoms with van der Waals surface area (Å²) in [5.74, 6) is 0.546. The minimum Gasteiger partial charge on any atom is -0.400 e. The van der Waals surface area contributed by atoms with Crippen molar-refractivity contribution in [2.24, 2.45) is 5.92 Å². The minimum atomic E-state index is -0.314. The number of benzene rings is 1. The topological polar surface area (TPSA) is 18.5 Å². The van der Waals surface area contributed by atoms with E-state index in [2.05, 4.69) is 92.7 Å². The molecule has 0 aromatic heterocycles. The van der Waals surface area contributed by atoms with Crippen LogP contribution in [0.4, 0.5) is 0 Å². The van der Waals surface area contributed by atoms with Crippen LogP contribution in [-0.2, 0) is 15.7 Å². The monoisotopic (exact) mass is 382 g/mol. The third-order valence-corrected chi connectivity index (χ3v) is 6.28. The number of hydrogen-bond donors (Lipinski definition) is 0. The highest BCUT2D eigenvalue weighted by atomic mass is 16.7. The molecule has 0 bridgehead atoms. The quantitative estimate of drug-likeness (QED) is 0.372. The first-order valence-corrected chi connectivity index (χ1v) is 10.9. The molecule has 2 nitrogen and oxygen atoms in total. The van der Waals surface area contributed by atoms with Crippen molar-refractivity contribution in [1.29, 1.82) is 0 Å². The van der Waals surface area contributed by atoms with Gasteiger partial charge in [0.2, 0.25) is 0 Å². The summed E-state index contributed by atoms with van der Waals surface area (Å²) in [4.78, 5) is 0. The summed E-state index contributed by atoms with van der Waals surface area (Å²) in [5, 5.41) is 0. The van der Waals surface area contributed by atoms with Crippen LogP contribution in [0.5, 0.6) is 0 Å². The number of allylic oxidation sites excluding steroid dienone is 3. The Bertz CT molecular complexity index is 725. The summed E-state index contributed by atoms with van der Waals surface area (Å²) in [6.07, 6.45) is 5.38. The smallest absolute Gasteiger partial charge is 0.400 e. The molecule has 3 heteroatoms. The van der Waals surface area contributed by atoms with Crippen LogP contribution < -0.4 is 0 Å². The van der Waals surface area contributed by atoms with Crippen molar-refractivity contribution >= 4 is 13.2 Å². The molecular weight excluding hydrogens is 343 g/mol. The van der Waals surface area contributed by atoms with E-state index in [4.69, 9.17) is 9.31 Å². The first-order chi connectivity index (χ1) is 13.0. The molecule has 1 aromatic carbocycles. The van der Waals surface area contributed by atoms with Gasteiger partial charge in [-0.1, -0.05) is 63.6 Å². The maximum Gasteiger partial charge on any atom is 0.490 e. The van der Waals surface area contributed by atoms with Crippen LogP contribution in [0.3, 0.4) is 0 Å². The fraction of sp³-hybridized carbons (Fsp3) is 0.600. The second kappa shape index (κ2) is 9.01. The average molecular weight is 382 g/mol. The van der Waals surface area contributed by atoms with E-state index in [1.165, 1.54) is 27.7 Å². The fourth-order valence-corrected chi connectivity index (χ4v) is 3.72. The zero-order valence-corrected chi connectivity index (χ0v) is 19.5. The maximum atomic E-state index is 6.43. The van der Waals surface area contributed by atoms with Crippen LogP contribution in [0.25, 0.3) is 6.08 Å². The number of hydrogen-bond acceptors (Lipinski definition) is 2. The molecule has 0 atom stereocenters. The molecule has 154 valence electrons. The third kappa shape index (κ3) is 4.99. The summed E-state index contributed by atoms with van der Waals surface area (Å²) in [6.45, 7) is 19.7. The molecule has 28 heavy (non-hydrogen) atoms. The molecule has 0 N–H and O–H groups in total. The van der Waals surface area contributed by atoms with E-state index in [9.17, 15) is 0 Å². The highest BCUT2D eigenvalue weighted by Gasteiger charge is 2.52. The Balaban J connectivity index is 2.51. The Morgan fingerprint density at radius 2 is 1.61 bits per heavy atom. The van der Waals surface area contributed by atoms with Gasteiger partial charge in [-0.05, 0) is 82.0 Å². The lowest BCUT2D eigenvalue weighted by Gasteiger charge is -2.32. The van der Waals surface area contributed by atoms with E-state index in [0.29, 0.717) is 5.92 Å². The average Bonchev–Trinajstić information content (AvgIpc) is 2.84. The van der Waals surface area contributed by atoms with E-state index in [-0.39, 0.29) is 18.3 Å². The zero-order valence-electron chi connectivity index (χ0n) is 19.5. The van der Waals surface area contributed by atoms with Gasteiger partial charge in [0, 0.05) is 0 Å². The normalized spacial score (nSPS) is 19.9. The van der Waals surface area contributed by atoms with Crippen molar-refractivity contribution in [2.75, 3.05) is 0 Å². The molecular formula is C25H39BO2. The van der Waals surface area contributed by atoms with E-state index < -0.39 is 0 Å². The van der Waals surface area contributed by atoms with Crippen molar-refractivity contribution in [3.63, 3.8) is 0 Å². The molecule has 0 radical (unpaired) electrons. The van der Waals surface area contributed by atoms with Gasteiger partial charge in [-0.3, -0.25) is 0 Å². The Morgan fingerprint density at radius 3 is 2.11 bits per heavy atom. The first-order valence-electron chi connectivity index (χ1n) is 10.9. The van der Waals surface area contributed by atoms with Crippen molar-refractivity contribution < 1.29 is 9.31 Å². The zero-order chi connectivity index (χ0) is 21.1. The van der Waals surface area contributed by atoms with Crippen LogP contribution in [0.2, 0.25) is 0 Å². The van der Waals surface area contributed by atoms with Gasteiger partial charge in [-0.25, -0.2) is 0 Å². The molecule has 0 spiro atoms. The molecule has 0 aliphatic carbocycles. The van der Waals surface area contributed by atoms with Crippen molar-refractivity contribution in [3.05, 3.63) is 52.0 Å². The van der Waals surface area contributed by atoms with Gasteiger partial charge in [-0.15, -0.1) is 0 Å². The number of rotatable bonds is 7. The Labute approximate surface area is 173 Å². The summed E-state index contributed by atoms with van der Waals surface area (Å²) in [5.41, 5.74) is 6.06. The molecule has 0 amide bonds. The first kappa shape index (κ1) is 23.0. The van der Waals surface area contributed by atoms with E-state index in [1.807, 2.05) is 0 Å². The molecule has 1 aromatic rings. The lowest BCUT2D eigenvalue weighted by Crippen LogP contribution is -2.41. The SMILES string of the molecule is CCC(=C\c1ccccc1CC)/C(C)=C(\CC(C)C)B1OC(C)(C)C(C)(C)O1. The van der Waals surface area contributed by atoms with Gasteiger partial charge in [-0.2, -0.15) is 0 Å². The molecule has 1 heterocycles. The van der Waals surface area contributed by atoms with Gasteiger partial charge in [0.15, 0.2) is 0 Å². The third-order valence-electron chi connectivity index (χ3n) is 6.28. The van der Waals surface area contributed by atoms with E-state index in [0.717, 1.165) is 19.3 Å². The van der Waals surface area contributed by atoms with E-state index in [1.54, 1.807) is 0 Å². The Hall–Kier alpha value is -1.32. The summed E-state index contributed by atoms with van der Waals surface area (Å²) < 4.78 is 12.9. The van der Waals surface area contributed by atoms with Gasteiger partial charge >= 0.3 is 7.12 Å². The standard InChI is InChI=1S/C25H39BO2/c1-10-20-14-12-13-15-22(20)17-21(11-2)19(5)23(16-18(3)4)26-27-24(6,7)25(8,9)28-26/h12-15,17-18H,10-11,16H2,1-9H3/b21-17+,23-19+. The number of aryl methyl sites for hydroxylation is 1. The molecule has 1 aliphatic heterocycles. The Kier molecular flexibility index (Phi) is 7.39. The summed E-state index contributed by atoms with van der Waals surface area (Å²) in [7, 11) is -0.274. The summed E-state index contributed by atoms with van der Waals surface area (Å²) in [6, 6.07) is 8.69. The van der Waals surface area contributed by atoms with Crippen LogP contribution in [0.1, 0.15) is 86.3 Å². The van der Waals surface area contributed by atoms with Crippen LogP contribution in [-0.4, -0.2) is 18.3 Å². The predicted octanol–water partition coefficient (Wildman–Crippen LogP) is 7.04. The molecule has 1 aliphatic rings.